The maximum atomic E-state index is 12.8. The zero-order valence-corrected chi connectivity index (χ0v) is 14.0. The van der Waals surface area contributed by atoms with Crippen molar-refractivity contribution < 1.29 is 9.53 Å². The van der Waals surface area contributed by atoms with Crippen molar-refractivity contribution in [2.45, 2.75) is 31.3 Å². The van der Waals surface area contributed by atoms with Crippen LogP contribution in [-0.2, 0) is 6.42 Å². The van der Waals surface area contributed by atoms with E-state index in [2.05, 4.69) is 15.3 Å². The van der Waals surface area contributed by atoms with Gasteiger partial charge < -0.3 is 15.0 Å². The molecule has 2 aliphatic heterocycles. The summed E-state index contributed by atoms with van der Waals surface area (Å²) < 4.78 is 5.14. The number of fused-ring (bicyclic) bond motifs is 4. The van der Waals surface area contributed by atoms with Gasteiger partial charge in [0.15, 0.2) is 0 Å². The minimum Gasteiger partial charge on any atom is -0.495 e. The molecule has 1 N–H and O–H groups in total. The molecule has 6 nitrogen and oxygen atoms in total. The maximum Gasteiger partial charge on any atom is 0.322 e. The minimum atomic E-state index is -0.113. The molecule has 4 rings (SSSR count). The zero-order chi connectivity index (χ0) is 16.7. The molecule has 2 atom stereocenters. The van der Waals surface area contributed by atoms with Crippen LogP contribution in [0.25, 0.3) is 0 Å². The lowest BCUT2D eigenvalue weighted by Gasteiger charge is -2.35. The number of nitrogens with one attached hydrogen (secondary N) is 1. The first-order valence-corrected chi connectivity index (χ1v) is 8.27. The fourth-order valence-electron chi connectivity index (χ4n) is 3.67. The molecule has 2 bridgehead atoms. The molecule has 24 heavy (non-hydrogen) atoms. The van der Waals surface area contributed by atoms with Crippen LogP contribution in [0.15, 0.2) is 30.7 Å². The lowest BCUT2D eigenvalue weighted by atomic mass is 10.00. The second-order valence-electron chi connectivity index (χ2n) is 6.06. The molecule has 1 aromatic heterocycles. The van der Waals surface area contributed by atoms with Crippen molar-refractivity contribution in [3.8, 4) is 5.75 Å². The first-order chi connectivity index (χ1) is 11.7. The molecule has 7 heteroatoms. The van der Waals surface area contributed by atoms with Crippen LogP contribution < -0.4 is 10.1 Å². The SMILES string of the molecule is COc1ccc(NC(=O)N2[C@@H]3CC[C@H]2c2cncnc2C3)cc1Cl. The van der Waals surface area contributed by atoms with Crippen LogP contribution in [0, 0.1) is 0 Å². The Kier molecular flexibility index (Phi) is 3.76. The van der Waals surface area contributed by atoms with Crippen LogP contribution >= 0.6 is 11.6 Å². The van der Waals surface area contributed by atoms with Gasteiger partial charge in [0, 0.05) is 29.9 Å². The Morgan fingerprint density at radius 2 is 2.29 bits per heavy atom. The van der Waals surface area contributed by atoms with Gasteiger partial charge in [-0.3, -0.25) is 0 Å². The Hall–Kier alpha value is -2.34. The second-order valence-corrected chi connectivity index (χ2v) is 6.47. The lowest BCUT2D eigenvalue weighted by molar-refractivity contribution is 0.178. The summed E-state index contributed by atoms with van der Waals surface area (Å²) in [6.45, 7) is 0. The van der Waals surface area contributed by atoms with E-state index in [-0.39, 0.29) is 18.1 Å². The van der Waals surface area contributed by atoms with Gasteiger partial charge in [-0.1, -0.05) is 11.6 Å². The Bertz CT molecular complexity index is 798. The quantitative estimate of drug-likeness (QED) is 0.906. The third-order valence-corrected chi connectivity index (χ3v) is 5.05. The van der Waals surface area contributed by atoms with Crippen LogP contribution in [0.4, 0.5) is 10.5 Å². The third kappa shape index (κ3) is 2.47. The standard InChI is InChI=1S/C17H17ClN4O2/c1-24-16-5-2-10(6-13(16)18)21-17(23)22-11-3-4-15(22)12-8-19-9-20-14(12)7-11/h2,5-6,8-9,11,15H,3-4,7H2,1H3,(H,21,23)/t11-,15+/m1/s1. The molecule has 0 saturated carbocycles. The number of benzene rings is 1. The summed E-state index contributed by atoms with van der Waals surface area (Å²) in [5.41, 5.74) is 2.78. The second kappa shape index (κ2) is 5.94. The van der Waals surface area contributed by atoms with Gasteiger partial charge in [-0.2, -0.15) is 0 Å². The summed E-state index contributed by atoms with van der Waals surface area (Å²) in [6, 6.07) is 5.34. The molecule has 0 spiro atoms. The highest BCUT2D eigenvalue weighted by molar-refractivity contribution is 6.32. The zero-order valence-electron chi connectivity index (χ0n) is 13.2. The molecule has 0 unspecified atom stereocenters. The number of carbonyl (C=O) groups is 1. The van der Waals surface area contributed by atoms with E-state index in [9.17, 15) is 4.79 Å². The summed E-state index contributed by atoms with van der Waals surface area (Å²) in [5.74, 6) is 0.582. The number of halogens is 1. The van der Waals surface area contributed by atoms with Crippen molar-refractivity contribution in [2.75, 3.05) is 12.4 Å². The minimum absolute atomic E-state index is 0.0497. The molecule has 2 aliphatic rings. The number of hydrogen-bond acceptors (Lipinski definition) is 4. The third-order valence-electron chi connectivity index (χ3n) is 4.76. The maximum absolute atomic E-state index is 12.8. The lowest BCUT2D eigenvalue weighted by Crippen LogP contribution is -2.44. The molecular weight excluding hydrogens is 328 g/mol. The fraction of sp³-hybridized carbons (Fsp3) is 0.353. The molecule has 1 fully saturated rings. The van der Waals surface area contributed by atoms with E-state index in [0.29, 0.717) is 16.5 Å². The first kappa shape index (κ1) is 15.2. The normalized spacial score (nSPS) is 21.3. The van der Waals surface area contributed by atoms with Crippen molar-refractivity contribution in [2.24, 2.45) is 0 Å². The average molecular weight is 345 g/mol. The van der Waals surface area contributed by atoms with Crippen LogP contribution in [0.3, 0.4) is 0 Å². The van der Waals surface area contributed by atoms with E-state index >= 15 is 0 Å². The molecule has 0 radical (unpaired) electrons. The Labute approximate surface area is 144 Å². The summed E-state index contributed by atoms with van der Waals surface area (Å²) in [5, 5.41) is 3.41. The van der Waals surface area contributed by atoms with Gasteiger partial charge in [0.05, 0.1) is 23.9 Å². The topological polar surface area (TPSA) is 67.3 Å². The van der Waals surface area contributed by atoms with Gasteiger partial charge in [0.1, 0.15) is 12.1 Å². The number of urea groups is 1. The van der Waals surface area contributed by atoms with E-state index in [1.165, 1.54) is 0 Å². The summed E-state index contributed by atoms with van der Waals surface area (Å²) in [6.07, 6.45) is 6.12. The fourth-order valence-corrected chi connectivity index (χ4v) is 3.92. The van der Waals surface area contributed by atoms with Crippen molar-refractivity contribution >= 4 is 23.3 Å². The molecule has 2 amide bonds. The Morgan fingerprint density at radius 1 is 1.42 bits per heavy atom. The van der Waals surface area contributed by atoms with Gasteiger partial charge in [0.2, 0.25) is 0 Å². The smallest absolute Gasteiger partial charge is 0.322 e. The van der Waals surface area contributed by atoms with E-state index < -0.39 is 0 Å². The largest absolute Gasteiger partial charge is 0.495 e. The number of amides is 2. The number of hydrogen-bond donors (Lipinski definition) is 1. The Morgan fingerprint density at radius 3 is 3.08 bits per heavy atom. The van der Waals surface area contributed by atoms with Crippen molar-refractivity contribution in [1.29, 1.82) is 0 Å². The summed E-state index contributed by atoms with van der Waals surface area (Å²) in [4.78, 5) is 23.2. The highest BCUT2D eigenvalue weighted by Crippen LogP contribution is 2.43. The molecule has 0 aliphatic carbocycles. The van der Waals surface area contributed by atoms with E-state index in [0.717, 1.165) is 30.5 Å². The predicted molar refractivity (Wildman–Crippen MR) is 90.4 cm³/mol. The van der Waals surface area contributed by atoms with Gasteiger partial charge in [-0.15, -0.1) is 0 Å². The van der Waals surface area contributed by atoms with E-state index in [1.807, 2.05) is 11.1 Å². The Balaban J connectivity index is 1.56. The van der Waals surface area contributed by atoms with E-state index in [4.69, 9.17) is 16.3 Å². The summed E-state index contributed by atoms with van der Waals surface area (Å²) >= 11 is 6.13. The van der Waals surface area contributed by atoms with Crippen LogP contribution in [-0.4, -0.2) is 34.1 Å². The molecule has 1 aromatic carbocycles. The molecular formula is C17H17ClN4O2. The number of nitrogens with zero attached hydrogens (tertiary/aromatic N) is 3. The highest BCUT2D eigenvalue weighted by Gasteiger charge is 2.43. The van der Waals surface area contributed by atoms with Gasteiger partial charge >= 0.3 is 6.03 Å². The average Bonchev–Trinajstić information content (AvgIpc) is 2.90. The first-order valence-electron chi connectivity index (χ1n) is 7.89. The van der Waals surface area contributed by atoms with Crippen molar-refractivity contribution in [3.63, 3.8) is 0 Å². The summed E-state index contributed by atoms with van der Waals surface area (Å²) in [7, 11) is 1.56. The molecule has 1 saturated heterocycles. The number of methoxy groups -OCH3 is 1. The monoisotopic (exact) mass is 344 g/mol. The number of rotatable bonds is 2. The highest BCUT2D eigenvalue weighted by atomic mass is 35.5. The number of carbonyl (C=O) groups excluding carboxylic acids is 1. The number of aromatic nitrogens is 2. The molecule has 2 aromatic rings. The van der Waals surface area contributed by atoms with Crippen LogP contribution in [0.2, 0.25) is 5.02 Å². The van der Waals surface area contributed by atoms with Crippen molar-refractivity contribution in [1.82, 2.24) is 14.9 Å². The van der Waals surface area contributed by atoms with Gasteiger partial charge in [-0.05, 0) is 31.0 Å². The number of ether oxygens (including phenoxy) is 1. The molecule has 3 heterocycles. The predicted octanol–water partition coefficient (Wildman–Crippen LogP) is 3.43. The van der Waals surface area contributed by atoms with E-state index in [1.54, 1.807) is 31.6 Å². The van der Waals surface area contributed by atoms with Crippen molar-refractivity contribution in [3.05, 3.63) is 47.0 Å². The van der Waals surface area contributed by atoms with Crippen LogP contribution in [0.1, 0.15) is 30.1 Å². The van der Waals surface area contributed by atoms with Crippen LogP contribution in [0.5, 0.6) is 5.75 Å². The van der Waals surface area contributed by atoms with Gasteiger partial charge in [0.25, 0.3) is 0 Å². The number of anilines is 1. The molecule has 124 valence electrons. The van der Waals surface area contributed by atoms with Gasteiger partial charge in [-0.25, -0.2) is 14.8 Å².